The molecule has 1 heterocycles. The fourth-order valence-corrected chi connectivity index (χ4v) is 3.17. The van der Waals surface area contributed by atoms with Crippen molar-refractivity contribution in [1.29, 1.82) is 0 Å². The van der Waals surface area contributed by atoms with Crippen LogP contribution < -0.4 is 9.47 Å². The maximum atomic E-state index is 6.03. The number of benzene rings is 2. The van der Waals surface area contributed by atoms with Gasteiger partial charge in [0, 0.05) is 17.9 Å². The van der Waals surface area contributed by atoms with Crippen LogP contribution in [0.5, 0.6) is 17.2 Å². The number of fused-ring (bicyclic) bond motifs is 1. The standard InChI is InChI=1S/C17H16BrClO2/c1-17(2)9-12-4-3-5-15(16(12)21-17)20-14-7-6-11(10-19)8-13(14)18/h3-8H,9-10H2,1-2H3. The van der Waals surface area contributed by atoms with Gasteiger partial charge in [-0.3, -0.25) is 0 Å². The van der Waals surface area contributed by atoms with Crippen LogP contribution in [0.1, 0.15) is 25.0 Å². The summed E-state index contributed by atoms with van der Waals surface area (Å²) in [4.78, 5) is 0. The zero-order valence-corrected chi connectivity index (χ0v) is 14.3. The summed E-state index contributed by atoms with van der Waals surface area (Å²) in [6, 6.07) is 11.9. The van der Waals surface area contributed by atoms with Crippen molar-refractivity contribution in [2.75, 3.05) is 0 Å². The molecule has 110 valence electrons. The predicted molar refractivity (Wildman–Crippen MR) is 88.6 cm³/mol. The topological polar surface area (TPSA) is 18.5 Å². The van der Waals surface area contributed by atoms with Crippen LogP contribution in [0.15, 0.2) is 40.9 Å². The van der Waals surface area contributed by atoms with Crippen molar-refractivity contribution in [3.8, 4) is 17.2 Å². The van der Waals surface area contributed by atoms with E-state index in [0.29, 0.717) is 5.88 Å². The van der Waals surface area contributed by atoms with Crippen molar-refractivity contribution < 1.29 is 9.47 Å². The van der Waals surface area contributed by atoms with Crippen LogP contribution in [0.25, 0.3) is 0 Å². The molecule has 3 rings (SSSR count). The molecule has 1 aliphatic heterocycles. The first-order chi connectivity index (χ1) is 9.98. The van der Waals surface area contributed by atoms with Crippen LogP contribution >= 0.6 is 27.5 Å². The van der Waals surface area contributed by atoms with Gasteiger partial charge in [0.15, 0.2) is 11.5 Å². The maximum absolute atomic E-state index is 6.03. The third-order valence-electron chi connectivity index (χ3n) is 3.43. The fraction of sp³-hybridized carbons (Fsp3) is 0.294. The van der Waals surface area contributed by atoms with Gasteiger partial charge in [0.05, 0.1) is 4.47 Å². The lowest BCUT2D eigenvalue weighted by atomic mass is 10.0. The number of rotatable bonds is 3. The highest BCUT2D eigenvalue weighted by molar-refractivity contribution is 9.10. The minimum Gasteiger partial charge on any atom is -0.483 e. The van der Waals surface area contributed by atoms with Gasteiger partial charge in [-0.15, -0.1) is 11.6 Å². The number of ether oxygens (including phenoxy) is 2. The van der Waals surface area contributed by atoms with Crippen LogP contribution in [-0.2, 0) is 12.3 Å². The molecule has 0 fully saturated rings. The van der Waals surface area contributed by atoms with Crippen molar-refractivity contribution in [2.45, 2.75) is 31.7 Å². The van der Waals surface area contributed by atoms with Gasteiger partial charge in [-0.05, 0) is 53.5 Å². The second-order valence-corrected chi connectivity index (χ2v) is 6.90. The third kappa shape index (κ3) is 3.04. The molecule has 0 atom stereocenters. The molecule has 21 heavy (non-hydrogen) atoms. The Kier molecular flexibility index (Phi) is 3.89. The molecule has 1 aliphatic rings. The number of para-hydroxylation sites is 1. The van der Waals surface area contributed by atoms with E-state index in [4.69, 9.17) is 21.1 Å². The Bertz CT molecular complexity index is 682. The molecule has 0 saturated carbocycles. The van der Waals surface area contributed by atoms with Crippen LogP contribution in [0.2, 0.25) is 0 Å². The summed E-state index contributed by atoms with van der Waals surface area (Å²) >= 11 is 9.36. The van der Waals surface area contributed by atoms with E-state index < -0.39 is 0 Å². The fourth-order valence-electron chi connectivity index (χ4n) is 2.50. The first-order valence-corrected chi connectivity index (χ1v) is 8.14. The summed E-state index contributed by atoms with van der Waals surface area (Å²) in [5.74, 6) is 2.83. The van der Waals surface area contributed by atoms with E-state index in [1.54, 1.807) is 0 Å². The molecule has 2 nitrogen and oxygen atoms in total. The van der Waals surface area contributed by atoms with Gasteiger partial charge in [0.1, 0.15) is 11.4 Å². The lowest BCUT2D eigenvalue weighted by molar-refractivity contribution is 0.135. The summed E-state index contributed by atoms with van der Waals surface area (Å²) in [5.41, 5.74) is 2.05. The van der Waals surface area contributed by atoms with Crippen LogP contribution in [0.3, 0.4) is 0 Å². The molecule has 0 amide bonds. The first-order valence-electron chi connectivity index (χ1n) is 6.82. The normalized spacial score (nSPS) is 15.4. The van der Waals surface area contributed by atoms with E-state index in [2.05, 4.69) is 35.8 Å². The molecule has 4 heteroatoms. The Hall–Kier alpha value is -1.19. The Morgan fingerprint density at radius 3 is 2.76 bits per heavy atom. The highest BCUT2D eigenvalue weighted by atomic mass is 79.9. The van der Waals surface area contributed by atoms with Crippen LogP contribution in [0.4, 0.5) is 0 Å². The minimum absolute atomic E-state index is 0.179. The van der Waals surface area contributed by atoms with Crippen molar-refractivity contribution in [1.82, 2.24) is 0 Å². The van der Waals surface area contributed by atoms with Crippen LogP contribution in [-0.4, -0.2) is 5.60 Å². The molecule has 0 unspecified atom stereocenters. The van der Waals surface area contributed by atoms with E-state index in [9.17, 15) is 0 Å². The average molecular weight is 368 g/mol. The third-order valence-corrected chi connectivity index (χ3v) is 4.35. The molecular weight excluding hydrogens is 352 g/mol. The number of hydrogen-bond acceptors (Lipinski definition) is 2. The first kappa shape index (κ1) is 14.7. The van der Waals surface area contributed by atoms with Gasteiger partial charge in [-0.2, -0.15) is 0 Å². The van der Waals surface area contributed by atoms with Gasteiger partial charge >= 0.3 is 0 Å². The molecule has 0 saturated heterocycles. The molecule has 2 aromatic carbocycles. The van der Waals surface area contributed by atoms with E-state index in [-0.39, 0.29) is 5.60 Å². The summed E-state index contributed by atoms with van der Waals surface area (Å²) < 4.78 is 12.9. The Labute approximate surface area is 138 Å². The Balaban J connectivity index is 1.92. The van der Waals surface area contributed by atoms with Crippen molar-refractivity contribution in [2.24, 2.45) is 0 Å². The van der Waals surface area contributed by atoms with Gasteiger partial charge in [-0.1, -0.05) is 18.2 Å². The van der Waals surface area contributed by atoms with Gasteiger partial charge in [-0.25, -0.2) is 0 Å². The molecule has 0 N–H and O–H groups in total. The summed E-state index contributed by atoms with van der Waals surface area (Å²) in [6.45, 7) is 4.17. The van der Waals surface area contributed by atoms with E-state index in [1.165, 1.54) is 5.56 Å². The van der Waals surface area contributed by atoms with Crippen LogP contribution in [0, 0.1) is 0 Å². The van der Waals surface area contributed by atoms with E-state index in [1.807, 2.05) is 30.3 Å². The predicted octanol–water partition coefficient (Wildman–Crippen LogP) is 5.69. The molecule has 0 bridgehead atoms. The minimum atomic E-state index is -0.179. The molecule has 0 aliphatic carbocycles. The molecule has 0 aromatic heterocycles. The molecule has 0 spiro atoms. The van der Waals surface area contributed by atoms with E-state index in [0.717, 1.165) is 33.7 Å². The Morgan fingerprint density at radius 2 is 2.05 bits per heavy atom. The summed E-state index contributed by atoms with van der Waals surface area (Å²) in [7, 11) is 0. The molecule has 0 radical (unpaired) electrons. The van der Waals surface area contributed by atoms with Gasteiger partial charge < -0.3 is 9.47 Å². The monoisotopic (exact) mass is 366 g/mol. The zero-order valence-electron chi connectivity index (χ0n) is 12.0. The quantitative estimate of drug-likeness (QED) is 0.648. The largest absolute Gasteiger partial charge is 0.483 e. The summed E-state index contributed by atoms with van der Waals surface area (Å²) in [6.07, 6.45) is 0.895. The second kappa shape index (κ2) is 5.54. The highest BCUT2D eigenvalue weighted by Crippen LogP contribution is 2.44. The summed E-state index contributed by atoms with van der Waals surface area (Å²) in [5, 5.41) is 0. The lowest BCUT2D eigenvalue weighted by Crippen LogP contribution is -2.24. The van der Waals surface area contributed by atoms with Gasteiger partial charge in [0.2, 0.25) is 0 Å². The molecule has 2 aromatic rings. The number of hydrogen-bond donors (Lipinski definition) is 0. The van der Waals surface area contributed by atoms with Crippen molar-refractivity contribution in [3.05, 3.63) is 52.0 Å². The van der Waals surface area contributed by atoms with Crippen molar-refractivity contribution >= 4 is 27.5 Å². The second-order valence-electron chi connectivity index (χ2n) is 5.78. The SMILES string of the molecule is CC1(C)Cc2cccc(Oc3ccc(CCl)cc3Br)c2O1. The zero-order chi connectivity index (χ0) is 15.0. The number of halogens is 2. The maximum Gasteiger partial charge on any atom is 0.169 e. The molecular formula is C17H16BrClO2. The van der Waals surface area contributed by atoms with Crippen molar-refractivity contribution in [3.63, 3.8) is 0 Å². The smallest absolute Gasteiger partial charge is 0.169 e. The van der Waals surface area contributed by atoms with Gasteiger partial charge in [0.25, 0.3) is 0 Å². The highest BCUT2D eigenvalue weighted by Gasteiger charge is 2.32. The average Bonchev–Trinajstić information content (AvgIpc) is 2.76. The number of alkyl halides is 1. The van der Waals surface area contributed by atoms with E-state index >= 15 is 0 Å². The Morgan fingerprint density at radius 1 is 1.24 bits per heavy atom. The lowest BCUT2D eigenvalue weighted by Gasteiger charge is -2.18.